The summed E-state index contributed by atoms with van der Waals surface area (Å²) in [5.74, 6) is -0.935. The third-order valence-corrected chi connectivity index (χ3v) is 6.76. The van der Waals surface area contributed by atoms with Gasteiger partial charge in [-0.05, 0) is 48.4 Å². The molecular weight excluding hydrogens is 497 g/mol. The van der Waals surface area contributed by atoms with E-state index in [1.54, 1.807) is 25.1 Å². The highest BCUT2D eigenvalue weighted by Crippen LogP contribution is 2.25. The second kappa shape index (κ2) is 11.2. The topological polar surface area (TPSA) is 86.8 Å². The van der Waals surface area contributed by atoms with Crippen LogP contribution in [-0.2, 0) is 26.2 Å². The average Bonchev–Trinajstić information content (AvgIpc) is 2.73. The number of anilines is 1. The Balaban J connectivity index is 2.44. The first-order valence-electron chi connectivity index (χ1n) is 9.66. The Hall–Kier alpha value is -2.00. The van der Waals surface area contributed by atoms with Gasteiger partial charge in [0.15, 0.2) is 0 Å². The molecule has 0 aliphatic heterocycles. The molecule has 0 saturated heterocycles. The highest BCUT2D eigenvalue weighted by atomic mass is 35.5. The lowest BCUT2D eigenvalue weighted by atomic mass is 10.1. The smallest absolute Gasteiger partial charge is 0.244 e. The molecule has 0 heterocycles. The van der Waals surface area contributed by atoms with Crippen LogP contribution in [0.2, 0.25) is 15.1 Å². The molecule has 2 aromatic carbocycles. The minimum absolute atomic E-state index is 0.00101. The molecule has 2 aromatic rings. The third-order valence-electron chi connectivity index (χ3n) is 4.78. The second-order valence-electron chi connectivity index (χ2n) is 7.04. The highest BCUT2D eigenvalue weighted by Gasteiger charge is 2.31. The molecule has 0 saturated carbocycles. The van der Waals surface area contributed by atoms with Crippen molar-refractivity contribution in [3.8, 4) is 0 Å². The van der Waals surface area contributed by atoms with Crippen LogP contribution in [-0.4, -0.2) is 51.0 Å². The van der Waals surface area contributed by atoms with Crippen LogP contribution in [0.5, 0.6) is 0 Å². The molecule has 0 spiro atoms. The Labute approximate surface area is 203 Å². The van der Waals surface area contributed by atoms with Gasteiger partial charge in [-0.1, -0.05) is 47.8 Å². The van der Waals surface area contributed by atoms with Crippen molar-refractivity contribution in [1.82, 2.24) is 10.2 Å². The maximum Gasteiger partial charge on any atom is 0.244 e. The molecule has 174 valence electrons. The van der Waals surface area contributed by atoms with Gasteiger partial charge in [0.25, 0.3) is 0 Å². The van der Waals surface area contributed by atoms with E-state index >= 15 is 0 Å². The van der Waals surface area contributed by atoms with Gasteiger partial charge in [0, 0.05) is 28.7 Å². The number of hydrogen-bond acceptors (Lipinski definition) is 4. The van der Waals surface area contributed by atoms with E-state index in [1.165, 1.54) is 36.2 Å². The van der Waals surface area contributed by atoms with Crippen molar-refractivity contribution in [1.29, 1.82) is 0 Å². The van der Waals surface area contributed by atoms with Crippen molar-refractivity contribution >= 4 is 62.3 Å². The summed E-state index contributed by atoms with van der Waals surface area (Å²) in [7, 11) is -2.33. The van der Waals surface area contributed by atoms with Crippen LogP contribution in [0.3, 0.4) is 0 Å². The maximum absolute atomic E-state index is 13.4. The molecule has 0 aliphatic carbocycles. The van der Waals surface area contributed by atoms with Gasteiger partial charge in [-0.3, -0.25) is 13.9 Å². The van der Waals surface area contributed by atoms with E-state index in [-0.39, 0.29) is 18.1 Å². The van der Waals surface area contributed by atoms with Gasteiger partial charge in [0.1, 0.15) is 12.6 Å². The van der Waals surface area contributed by atoms with Crippen molar-refractivity contribution in [2.24, 2.45) is 0 Å². The zero-order valence-corrected chi connectivity index (χ0v) is 20.9. The summed E-state index contributed by atoms with van der Waals surface area (Å²) >= 11 is 18.2. The van der Waals surface area contributed by atoms with E-state index in [1.807, 2.05) is 0 Å². The van der Waals surface area contributed by atoms with Gasteiger partial charge in [-0.15, -0.1) is 0 Å². The molecule has 7 nitrogen and oxygen atoms in total. The van der Waals surface area contributed by atoms with Gasteiger partial charge < -0.3 is 10.2 Å². The fourth-order valence-electron chi connectivity index (χ4n) is 3.14. The van der Waals surface area contributed by atoms with E-state index in [0.29, 0.717) is 27.1 Å². The van der Waals surface area contributed by atoms with Crippen LogP contribution in [0.15, 0.2) is 42.5 Å². The Morgan fingerprint density at radius 2 is 1.62 bits per heavy atom. The third kappa shape index (κ3) is 6.75. The van der Waals surface area contributed by atoms with E-state index in [9.17, 15) is 18.0 Å². The van der Waals surface area contributed by atoms with Crippen molar-refractivity contribution in [3.63, 3.8) is 0 Å². The Morgan fingerprint density at radius 3 is 2.12 bits per heavy atom. The summed E-state index contributed by atoms with van der Waals surface area (Å²) in [5, 5.41) is 3.74. The molecule has 0 fully saturated rings. The number of carbonyl (C=O) groups excluding carboxylic acids is 2. The number of sulfonamides is 1. The molecule has 0 radical (unpaired) electrons. The highest BCUT2D eigenvalue weighted by molar-refractivity contribution is 7.92. The number of hydrogen-bond donors (Lipinski definition) is 1. The van der Waals surface area contributed by atoms with Gasteiger partial charge >= 0.3 is 0 Å². The maximum atomic E-state index is 13.4. The number of nitrogens with zero attached hydrogens (tertiary/aromatic N) is 2. The fraction of sp³-hybridized carbons (Fsp3) is 0.333. The minimum Gasteiger partial charge on any atom is -0.357 e. The summed E-state index contributed by atoms with van der Waals surface area (Å²) < 4.78 is 25.9. The quantitative estimate of drug-likeness (QED) is 0.542. The summed E-state index contributed by atoms with van der Waals surface area (Å²) in [5.41, 5.74) is 0.854. The zero-order valence-electron chi connectivity index (χ0n) is 17.8. The minimum atomic E-state index is -3.81. The summed E-state index contributed by atoms with van der Waals surface area (Å²) in [6, 6.07) is 10.1. The molecule has 0 bridgehead atoms. The molecule has 2 amide bonds. The number of rotatable bonds is 9. The van der Waals surface area contributed by atoms with Crippen LogP contribution in [0, 0.1) is 0 Å². The second-order valence-corrected chi connectivity index (χ2v) is 10.2. The van der Waals surface area contributed by atoms with Gasteiger partial charge in [-0.25, -0.2) is 8.42 Å². The SMILES string of the molecule is CC[C@@H](C(=O)NC)N(Cc1ccc(Cl)cc1Cl)C(=O)CN(c1ccc(Cl)cc1)S(C)(=O)=O. The van der Waals surface area contributed by atoms with Crippen LogP contribution in [0.25, 0.3) is 0 Å². The van der Waals surface area contributed by atoms with Gasteiger partial charge in [-0.2, -0.15) is 0 Å². The molecule has 0 aliphatic rings. The van der Waals surface area contributed by atoms with E-state index in [0.717, 1.165) is 10.6 Å². The predicted octanol–water partition coefficient (Wildman–Crippen LogP) is 3.97. The number of carbonyl (C=O) groups is 2. The van der Waals surface area contributed by atoms with Crippen LogP contribution >= 0.6 is 34.8 Å². The first-order valence-corrected chi connectivity index (χ1v) is 12.6. The van der Waals surface area contributed by atoms with E-state index in [4.69, 9.17) is 34.8 Å². The fourth-order valence-corrected chi connectivity index (χ4v) is 4.58. The molecule has 32 heavy (non-hydrogen) atoms. The largest absolute Gasteiger partial charge is 0.357 e. The zero-order chi connectivity index (χ0) is 24.1. The molecule has 1 atom stereocenters. The van der Waals surface area contributed by atoms with Crippen molar-refractivity contribution in [2.75, 3.05) is 24.2 Å². The first kappa shape index (κ1) is 26.3. The van der Waals surface area contributed by atoms with E-state index in [2.05, 4.69) is 5.32 Å². The molecule has 1 N–H and O–H groups in total. The van der Waals surface area contributed by atoms with Gasteiger partial charge in [0.2, 0.25) is 21.8 Å². The summed E-state index contributed by atoms with van der Waals surface area (Å²) in [6.07, 6.45) is 1.32. The number of nitrogens with one attached hydrogen (secondary N) is 1. The Morgan fingerprint density at radius 1 is 1.03 bits per heavy atom. The predicted molar refractivity (Wildman–Crippen MR) is 129 cm³/mol. The lowest BCUT2D eigenvalue weighted by molar-refractivity contribution is -0.140. The number of halogens is 3. The number of amides is 2. The summed E-state index contributed by atoms with van der Waals surface area (Å²) in [6.45, 7) is 1.26. The molecular formula is C21H24Cl3N3O4S. The molecule has 0 unspecified atom stereocenters. The van der Waals surface area contributed by atoms with E-state index < -0.39 is 28.5 Å². The van der Waals surface area contributed by atoms with Crippen molar-refractivity contribution in [3.05, 3.63) is 63.1 Å². The normalized spacial score (nSPS) is 12.2. The van der Waals surface area contributed by atoms with Crippen LogP contribution in [0.4, 0.5) is 5.69 Å². The Kier molecular flexibility index (Phi) is 9.21. The lowest BCUT2D eigenvalue weighted by Crippen LogP contribution is -2.51. The standard InChI is InChI=1S/C21H24Cl3N3O4S/c1-4-19(21(29)25-2)26(12-14-5-6-16(23)11-18(14)24)20(28)13-27(32(3,30)31)17-9-7-15(22)8-10-17/h5-11,19H,4,12-13H2,1-3H3,(H,25,29)/t19-/m0/s1. The lowest BCUT2D eigenvalue weighted by Gasteiger charge is -2.32. The van der Waals surface area contributed by atoms with Gasteiger partial charge in [0.05, 0.1) is 11.9 Å². The summed E-state index contributed by atoms with van der Waals surface area (Å²) in [4.78, 5) is 27.2. The monoisotopic (exact) mass is 519 g/mol. The first-order chi connectivity index (χ1) is 15.0. The van der Waals surface area contributed by atoms with Crippen LogP contribution in [0.1, 0.15) is 18.9 Å². The Bertz CT molecular complexity index is 1080. The number of likely N-dealkylation sites (N-methyl/N-ethyl adjacent to an activating group) is 1. The van der Waals surface area contributed by atoms with Crippen LogP contribution < -0.4 is 9.62 Å². The number of benzene rings is 2. The molecule has 0 aromatic heterocycles. The van der Waals surface area contributed by atoms with Crippen molar-refractivity contribution in [2.45, 2.75) is 25.9 Å². The molecule has 2 rings (SSSR count). The average molecular weight is 521 g/mol. The van der Waals surface area contributed by atoms with Crippen molar-refractivity contribution < 1.29 is 18.0 Å². The molecule has 11 heteroatoms.